The van der Waals surface area contributed by atoms with Crippen LogP contribution in [0.15, 0.2) is 24.3 Å². The van der Waals surface area contributed by atoms with E-state index in [0.29, 0.717) is 11.3 Å². The zero-order valence-electron chi connectivity index (χ0n) is 5.15. The van der Waals surface area contributed by atoms with Crippen molar-refractivity contribution < 1.29 is 9.63 Å². The van der Waals surface area contributed by atoms with Gasteiger partial charge in [0.1, 0.15) is 12.2 Å². The van der Waals surface area contributed by atoms with Gasteiger partial charge in [0, 0.05) is 5.56 Å². The van der Waals surface area contributed by atoms with E-state index in [2.05, 4.69) is 4.84 Å². The largest absolute Gasteiger partial charge is 0.368 e. The molecule has 0 aromatic heterocycles. The second-order valence-corrected chi connectivity index (χ2v) is 1.78. The predicted molar refractivity (Wildman–Crippen MR) is 34.6 cm³/mol. The molecule has 0 amide bonds. The predicted octanol–water partition coefficient (Wildman–Crippen LogP) is 0.862. The fourth-order valence-corrected chi connectivity index (χ4v) is 0.607. The third-order valence-electron chi connectivity index (χ3n) is 1.12. The minimum absolute atomic E-state index is 0.325. The van der Waals surface area contributed by atoms with Gasteiger partial charge in [-0.3, -0.25) is 4.79 Å². The number of hydrogen-bond acceptors (Lipinski definition) is 2. The van der Waals surface area contributed by atoms with Crippen molar-refractivity contribution >= 4 is 6.29 Å². The third kappa shape index (κ3) is 1.33. The zero-order chi connectivity index (χ0) is 7.40. The Morgan fingerprint density at radius 1 is 1.30 bits per heavy atom. The molecule has 0 heterocycles. The van der Waals surface area contributed by atoms with Gasteiger partial charge in [-0.1, -0.05) is 0 Å². The van der Waals surface area contributed by atoms with Crippen molar-refractivity contribution in [1.29, 1.82) is 0 Å². The lowest BCUT2D eigenvalue weighted by Crippen LogP contribution is -1.86. The number of nitrogens with zero attached hydrogens (tertiary/aromatic N) is 1. The maximum atomic E-state index is 10.1. The summed E-state index contributed by atoms with van der Waals surface area (Å²) < 4.78 is 0. The van der Waals surface area contributed by atoms with Crippen LogP contribution in [0.5, 0.6) is 5.75 Å². The van der Waals surface area contributed by atoms with Gasteiger partial charge in [-0.15, -0.1) is 0 Å². The molecule has 1 aromatic rings. The summed E-state index contributed by atoms with van der Waals surface area (Å²) in [5, 5.41) is 0. The summed E-state index contributed by atoms with van der Waals surface area (Å²) in [5.74, 6) is 8.44. The summed E-state index contributed by atoms with van der Waals surface area (Å²) in [6, 6.07) is 6.12. The van der Waals surface area contributed by atoms with Crippen LogP contribution in [0.2, 0.25) is 0 Å². The fourth-order valence-electron chi connectivity index (χ4n) is 0.607. The number of hydrogen-bond donors (Lipinski definition) is 0. The SMILES string of the molecule is [N]Oc1ccc(C=O)cc1. The second kappa shape index (κ2) is 2.98. The van der Waals surface area contributed by atoms with E-state index < -0.39 is 0 Å². The molecule has 0 N–H and O–H groups in total. The van der Waals surface area contributed by atoms with E-state index in [1.165, 1.54) is 12.1 Å². The van der Waals surface area contributed by atoms with Crippen LogP contribution in [0.4, 0.5) is 0 Å². The van der Waals surface area contributed by atoms with Gasteiger partial charge in [0.05, 0.1) is 0 Å². The van der Waals surface area contributed by atoms with Crippen LogP contribution in [0.3, 0.4) is 0 Å². The van der Waals surface area contributed by atoms with Crippen LogP contribution in [0.25, 0.3) is 0 Å². The van der Waals surface area contributed by atoms with E-state index in [9.17, 15) is 4.79 Å². The van der Waals surface area contributed by atoms with E-state index in [-0.39, 0.29) is 0 Å². The molecule has 0 aliphatic heterocycles. The van der Waals surface area contributed by atoms with E-state index in [1.807, 2.05) is 0 Å². The number of benzene rings is 1. The van der Waals surface area contributed by atoms with E-state index in [0.717, 1.165) is 6.29 Å². The summed E-state index contributed by atoms with van der Waals surface area (Å²) in [6.45, 7) is 0. The van der Waals surface area contributed by atoms with Gasteiger partial charge in [0.15, 0.2) is 5.75 Å². The lowest BCUT2D eigenvalue weighted by atomic mass is 10.2. The van der Waals surface area contributed by atoms with Gasteiger partial charge in [-0.05, 0) is 24.3 Å². The van der Waals surface area contributed by atoms with E-state index in [4.69, 9.17) is 5.90 Å². The first-order valence-corrected chi connectivity index (χ1v) is 2.73. The van der Waals surface area contributed by atoms with Gasteiger partial charge >= 0.3 is 0 Å². The summed E-state index contributed by atoms with van der Waals surface area (Å²) in [6.07, 6.45) is 0.723. The highest BCUT2D eigenvalue weighted by Crippen LogP contribution is 2.08. The maximum Gasteiger partial charge on any atom is 0.151 e. The Balaban J connectivity index is 2.90. The first kappa shape index (κ1) is 6.77. The Bertz CT molecular complexity index is 218. The smallest absolute Gasteiger partial charge is 0.151 e. The molecule has 3 heteroatoms. The Labute approximate surface area is 58.4 Å². The maximum absolute atomic E-state index is 10.1. The quantitative estimate of drug-likeness (QED) is 0.446. The molecule has 0 bridgehead atoms. The molecule has 0 spiro atoms. The Hall–Kier alpha value is -1.35. The van der Waals surface area contributed by atoms with Crippen molar-refractivity contribution in [3.05, 3.63) is 29.8 Å². The Morgan fingerprint density at radius 3 is 2.30 bits per heavy atom. The number of carbonyl (C=O) groups excluding carboxylic acids is 1. The molecular weight excluding hydrogens is 130 g/mol. The highest BCUT2D eigenvalue weighted by atomic mass is 16.6. The topological polar surface area (TPSA) is 48.6 Å². The third-order valence-corrected chi connectivity index (χ3v) is 1.12. The molecule has 0 unspecified atom stereocenters. The summed E-state index contributed by atoms with van der Waals surface area (Å²) in [7, 11) is 0. The molecule has 2 radical (unpaired) electrons. The summed E-state index contributed by atoms with van der Waals surface area (Å²) >= 11 is 0. The van der Waals surface area contributed by atoms with Crippen LogP contribution < -0.4 is 10.7 Å². The van der Waals surface area contributed by atoms with Crippen LogP contribution in [-0.4, -0.2) is 6.29 Å². The average molecular weight is 135 g/mol. The molecule has 3 nitrogen and oxygen atoms in total. The minimum atomic E-state index is 0.325. The first-order valence-electron chi connectivity index (χ1n) is 2.73. The van der Waals surface area contributed by atoms with Gasteiger partial charge in [-0.25, -0.2) is 0 Å². The van der Waals surface area contributed by atoms with Crippen LogP contribution in [-0.2, 0) is 0 Å². The number of rotatable bonds is 2. The molecule has 0 aliphatic rings. The highest BCUT2D eigenvalue weighted by Gasteiger charge is 1.91. The van der Waals surface area contributed by atoms with Gasteiger partial charge < -0.3 is 4.84 Å². The lowest BCUT2D eigenvalue weighted by Gasteiger charge is -1.92. The van der Waals surface area contributed by atoms with Crippen LogP contribution >= 0.6 is 0 Å². The van der Waals surface area contributed by atoms with Crippen LogP contribution in [0, 0.1) is 0 Å². The summed E-state index contributed by atoms with van der Waals surface area (Å²) in [5.41, 5.74) is 0.556. The monoisotopic (exact) mass is 135 g/mol. The highest BCUT2D eigenvalue weighted by molar-refractivity contribution is 5.74. The molecule has 1 aromatic carbocycles. The molecule has 0 fully saturated rings. The van der Waals surface area contributed by atoms with Crippen molar-refractivity contribution in [2.75, 3.05) is 0 Å². The van der Waals surface area contributed by atoms with Crippen molar-refractivity contribution in [2.45, 2.75) is 0 Å². The molecule has 0 atom stereocenters. The second-order valence-electron chi connectivity index (χ2n) is 1.78. The molecule has 0 saturated carbocycles. The van der Waals surface area contributed by atoms with E-state index in [1.54, 1.807) is 12.1 Å². The Kier molecular flexibility index (Phi) is 2.02. The normalized spacial score (nSPS) is 8.90. The summed E-state index contributed by atoms with van der Waals surface area (Å²) in [4.78, 5) is 14.0. The first-order chi connectivity index (χ1) is 4.86. The molecule has 0 aliphatic carbocycles. The van der Waals surface area contributed by atoms with Gasteiger partial charge in [-0.2, -0.15) is 0 Å². The fraction of sp³-hybridized carbons (Fsp3) is 0. The molecular formula is C7H5NO2. The van der Waals surface area contributed by atoms with Crippen molar-refractivity contribution in [3.8, 4) is 5.75 Å². The molecule has 1 rings (SSSR count). The molecule has 0 saturated heterocycles. The number of aldehydes is 1. The Morgan fingerprint density at radius 2 is 1.90 bits per heavy atom. The average Bonchev–Trinajstić information content (AvgIpc) is 2.05. The van der Waals surface area contributed by atoms with E-state index >= 15 is 0 Å². The standard InChI is InChI=1S/C7H5NO2/c8-10-7-3-1-6(5-9)2-4-7/h1-5H. The zero-order valence-corrected chi connectivity index (χ0v) is 5.15. The van der Waals surface area contributed by atoms with Crippen molar-refractivity contribution in [3.63, 3.8) is 0 Å². The lowest BCUT2D eigenvalue weighted by molar-refractivity contribution is 0.112. The number of carbonyl (C=O) groups is 1. The van der Waals surface area contributed by atoms with Crippen molar-refractivity contribution in [2.24, 2.45) is 0 Å². The van der Waals surface area contributed by atoms with Gasteiger partial charge in [0.25, 0.3) is 0 Å². The minimum Gasteiger partial charge on any atom is -0.368 e. The van der Waals surface area contributed by atoms with Crippen LogP contribution in [0.1, 0.15) is 10.4 Å². The molecule has 50 valence electrons. The molecule has 10 heavy (non-hydrogen) atoms. The van der Waals surface area contributed by atoms with Gasteiger partial charge in [0.2, 0.25) is 0 Å². The van der Waals surface area contributed by atoms with Crippen molar-refractivity contribution in [1.82, 2.24) is 5.90 Å².